The van der Waals surface area contributed by atoms with Crippen LogP contribution in [0.15, 0.2) is 36.4 Å². The van der Waals surface area contributed by atoms with E-state index >= 15 is 0 Å². The van der Waals surface area contributed by atoms with E-state index in [0.29, 0.717) is 35.6 Å². The molecule has 3 aromatic rings. The summed E-state index contributed by atoms with van der Waals surface area (Å²) in [6.45, 7) is 2.63. The molecule has 1 aromatic heterocycles. The Hall–Kier alpha value is -3.26. The van der Waals surface area contributed by atoms with E-state index in [4.69, 9.17) is 17.3 Å². The first-order valence-corrected chi connectivity index (χ1v) is 9.99. The van der Waals surface area contributed by atoms with Gasteiger partial charge in [0.05, 0.1) is 35.8 Å². The third-order valence-electron chi connectivity index (χ3n) is 5.23. The molecule has 0 unspecified atom stereocenters. The summed E-state index contributed by atoms with van der Waals surface area (Å²) in [4.78, 5) is 26.7. The molecule has 0 spiro atoms. The highest BCUT2D eigenvalue weighted by Gasteiger charge is 2.29. The highest BCUT2D eigenvalue weighted by Crippen LogP contribution is 2.30. The Morgan fingerprint density at radius 2 is 1.94 bits per heavy atom. The molecular formula is C22H19ClF2N4O2. The van der Waals surface area contributed by atoms with E-state index in [2.05, 4.69) is 5.10 Å². The van der Waals surface area contributed by atoms with Crippen LogP contribution in [0.1, 0.15) is 27.2 Å². The van der Waals surface area contributed by atoms with Crippen molar-refractivity contribution < 1.29 is 18.4 Å². The molecule has 6 nitrogen and oxygen atoms in total. The van der Waals surface area contributed by atoms with Crippen LogP contribution in [0.3, 0.4) is 0 Å². The number of carbonyl (C=O) groups is 2. The van der Waals surface area contributed by atoms with E-state index in [9.17, 15) is 18.4 Å². The number of aromatic nitrogens is 2. The fourth-order valence-corrected chi connectivity index (χ4v) is 4.02. The monoisotopic (exact) mass is 444 g/mol. The predicted octanol–water partition coefficient (Wildman–Crippen LogP) is 3.47. The molecule has 2 amide bonds. The van der Waals surface area contributed by atoms with Crippen molar-refractivity contribution in [1.29, 1.82) is 0 Å². The van der Waals surface area contributed by atoms with Crippen LogP contribution < -0.4 is 5.73 Å². The number of amides is 2. The first-order valence-electron chi connectivity index (χ1n) is 9.61. The molecule has 0 bridgehead atoms. The molecule has 2 aromatic carbocycles. The number of hydrogen-bond donors (Lipinski definition) is 1. The summed E-state index contributed by atoms with van der Waals surface area (Å²) in [7, 11) is 0. The van der Waals surface area contributed by atoms with Crippen LogP contribution in [0.25, 0.3) is 11.3 Å². The van der Waals surface area contributed by atoms with Crippen molar-refractivity contribution in [3.8, 4) is 11.3 Å². The molecule has 0 atom stereocenters. The molecule has 1 aliphatic heterocycles. The molecule has 0 saturated heterocycles. The third kappa shape index (κ3) is 4.16. The van der Waals surface area contributed by atoms with Crippen molar-refractivity contribution in [2.45, 2.75) is 26.4 Å². The molecule has 1 aliphatic rings. The topological polar surface area (TPSA) is 81.2 Å². The van der Waals surface area contributed by atoms with Crippen molar-refractivity contribution in [3.05, 3.63) is 75.4 Å². The molecule has 0 radical (unpaired) electrons. The minimum absolute atomic E-state index is 0.0407. The maximum Gasteiger partial charge on any atom is 0.252 e. The van der Waals surface area contributed by atoms with Gasteiger partial charge in [-0.15, -0.1) is 0 Å². The van der Waals surface area contributed by atoms with E-state index in [1.807, 2.05) is 0 Å². The quantitative estimate of drug-likeness (QED) is 0.669. The Kier molecular flexibility index (Phi) is 5.49. The fraction of sp³-hybridized carbons (Fsp3) is 0.227. The summed E-state index contributed by atoms with van der Waals surface area (Å²) in [5.41, 5.74) is 8.35. The van der Waals surface area contributed by atoms with Gasteiger partial charge in [-0.25, -0.2) is 8.78 Å². The third-order valence-corrected chi connectivity index (χ3v) is 5.52. The summed E-state index contributed by atoms with van der Waals surface area (Å²) >= 11 is 5.88. The van der Waals surface area contributed by atoms with Gasteiger partial charge < -0.3 is 10.6 Å². The fourth-order valence-electron chi connectivity index (χ4n) is 3.84. The van der Waals surface area contributed by atoms with Crippen molar-refractivity contribution in [2.24, 2.45) is 5.73 Å². The van der Waals surface area contributed by atoms with Crippen molar-refractivity contribution in [2.75, 3.05) is 6.54 Å². The van der Waals surface area contributed by atoms with Crippen molar-refractivity contribution >= 4 is 23.4 Å². The molecule has 0 aliphatic carbocycles. The van der Waals surface area contributed by atoms with Crippen LogP contribution in [0.2, 0.25) is 5.02 Å². The second-order valence-electron chi connectivity index (χ2n) is 7.52. The van der Waals surface area contributed by atoms with Gasteiger partial charge in [-0.05, 0) is 48.4 Å². The molecule has 0 saturated carbocycles. The Bertz CT molecular complexity index is 1190. The Morgan fingerprint density at radius 3 is 2.61 bits per heavy atom. The molecule has 2 heterocycles. The van der Waals surface area contributed by atoms with Crippen LogP contribution in [-0.4, -0.2) is 33.0 Å². The highest BCUT2D eigenvalue weighted by atomic mass is 35.5. The number of benzene rings is 2. The number of carbonyl (C=O) groups excluding carboxylic acids is 2. The molecule has 0 fully saturated rings. The summed E-state index contributed by atoms with van der Waals surface area (Å²) in [5.74, 6) is -1.87. The molecular weight excluding hydrogens is 426 g/mol. The lowest BCUT2D eigenvalue weighted by molar-refractivity contribution is -0.132. The number of fused-ring (bicyclic) bond motifs is 1. The lowest BCUT2D eigenvalue weighted by Gasteiger charge is -2.28. The lowest BCUT2D eigenvalue weighted by atomic mass is 10.0. The predicted molar refractivity (Wildman–Crippen MR) is 111 cm³/mol. The minimum atomic E-state index is -0.702. The second kappa shape index (κ2) is 8.11. The van der Waals surface area contributed by atoms with Gasteiger partial charge in [-0.2, -0.15) is 5.10 Å². The van der Waals surface area contributed by atoms with Crippen molar-refractivity contribution in [1.82, 2.24) is 14.7 Å². The van der Waals surface area contributed by atoms with Crippen LogP contribution in [0, 0.1) is 18.6 Å². The summed E-state index contributed by atoms with van der Waals surface area (Å²) in [6.07, 6.45) is 0.0407. The minimum Gasteiger partial charge on any atom is -0.365 e. The van der Waals surface area contributed by atoms with Crippen LogP contribution >= 0.6 is 11.6 Å². The second-order valence-corrected chi connectivity index (χ2v) is 7.92. The van der Waals surface area contributed by atoms with Gasteiger partial charge >= 0.3 is 0 Å². The van der Waals surface area contributed by atoms with Crippen LogP contribution in [0.4, 0.5) is 8.78 Å². The van der Waals surface area contributed by atoms with E-state index in [0.717, 1.165) is 5.56 Å². The summed E-state index contributed by atoms with van der Waals surface area (Å²) in [6, 6.07) is 8.54. The number of nitrogens with two attached hydrogens (primary N) is 1. The Morgan fingerprint density at radius 1 is 1.16 bits per heavy atom. The van der Waals surface area contributed by atoms with Crippen molar-refractivity contribution in [3.63, 3.8) is 0 Å². The van der Waals surface area contributed by atoms with Gasteiger partial charge in [0.1, 0.15) is 17.3 Å². The standard InChI is InChI=1S/C22H19ClF2N4O2/c1-12-6-13(8-15(24)7-12)9-19(30)28-4-5-29-18(11-28)20(22(26)31)21(27-29)14-2-3-17(25)16(23)10-14/h2-3,6-8,10H,4-5,9,11H2,1H3,(H2,26,31). The van der Waals surface area contributed by atoms with Crippen LogP contribution in [-0.2, 0) is 24.3 Å². The Labute approximate surface area is 182 Å². The van der Waals surface area contributed by atoms with Gasteiger partial charge in [0, 0.05) is 12.1 Å². The first kappa shape index (κ1) is 21.0. The van der Waals surface area contributed by atoms with Crippen LogP contribution in [0.5, 0.6) is 0 Å². The molecule has 4 rings (SSSR count). The van der Waals surface area contributed by atoms with Gasteiger partial charge in [0.25, 0.3) is 5.91 Å². The zero-order valence-corrected chi connectivity index (χ0v) is 17.4. The van der Waals surface area contributed by atoms with Gasteiger partial charge in [0.15, 0.2) is 0 Å². The number of hydrogen-bond acceptors (Lipinski definition) is 3. The van der Waals surface area contributed by atoms with E-state index < -0.39 is 17.5 Å². The van der Waals surface area contributed by atoms with Gasteiger partial charge in [-0.3, -0.25) is 14.3 Å². The zero-order chi connectivity index (χ0) is 22.3. The van der Waals surface area contributed by atoms with Gasteiger partial charge in [-0.1, -0.05) is 17.7 Å². The molecule has 9 heteroatoms. The number of aryl methyl sites for hydroxylation is 1. The average molecular weight is 445 g/mol. The van der Waals surface area contributed by atoms with Gasteiger partial charge in [0.2, 0.25) is 5.91 Å². The Balaban J connectivity index is 1.64. The number of nitrogens with zero attached hydrogens (tertiary/aromatic N) is 3. The lowest BCUT2D eigenvalue weighted by Crippen LogP contribution is -2.40. The maximum atomic E-state index is 13.7. The van der Waals surface area contributed by atoms with E-state index in [1.165, 1.54) is 30.3 Å². The summed E-state index contributed by atoms with van der Waals surface area (Å²) in [5, 5.41) is 4.36. The number of halogens is 3. The van der Waals surface area contributed by atoms with E-state index in [1.54, 1.807) is 22.6 Å². The van der Waals surface area contributed by atoms with E-state index in [-0.39, 0.29) is 29.5 Å². The highest BCUT2D eigenvalue weighted by molar-refractivity contribution is 6.31. The molecule has 31 heavy (non-hydrogen) atoms. The maximum absolute atomic E-state index is 13.7. The SMILES string of the molecule is Cc1cc(F)cc(CC(=O)N2CCn3nc(-c4ccc(F)c(Cl)c4)c(C(N)=O)c3C2)c1. The molecule has 2 N–H and O–H groups in total. The average Bonchev–Trinajstić information content (AvgIpc) is 3.08. The number of primary amides is 1. The number of rotatable bonds is 4. The molecule has 160 valence electrons. The summed E-state index contributed by atoms with van der Waals surface area (Å²) < 4.78 is 28.8. The smallest absolute Gasteiger partial charge is 0.252 e. The zero-order valence-electron chi connectivity index (χ0n) is 16.7. The largest absolute Gasteiger partial charge is 0.365 e. The normalized spacial score (nSPS) is 13.2. The first-order chi connectivity index (χ1) is 14.7.